The smallest absolute Gasteiger partial charge is 0.263 e. The third-order valence-electron chi connectivity index (χ3n) is 6.18. The highest BCUT2D eigenvalue weighted by atomic mass is 32.1. The van der Waals surface area contributed by atoms with Gasteiger partial charge in [-0.15, -0.1) is 11.3 Å². The number of pyridine rings is 1. The van der Waals surface area contributed by atoms with E-state index in [-0.39, 0.29) is 17.4 Å². The number of thiophene rings is 1. The molecule has 0 aliphatic carbocycles. The molecule has 0 unspecified atom stereocenters. The van der Waals surface area contributed by atoms with E-state index in [2.05, 4.69) is 11.0 Å². The van der Waals surface area contributed by atoms with Gasteiger partial charge in [0.2, 0.25) is 0 Å². The monoisotopic (exact) mass is 423 g/mol. The number of carbonyl (C=O) groups is 1. The van der Waals surface area contributed by atoms with E-state index < -0.39 is 0 Å². The predicted octanol–water partition coefficient (Wildman–Crippen LogP) is 3.39. The van der Waals surface area contributed by atoms with E-state index in [4.69, 9.17) is 4.42 Å². The Kier molecular flexibility index (Phi) is 5.08. The Labute approximate surface area is 179 Å². The van der Waals surface area contributed by atoms with Gasteiger partial charge in [-0.3, -0.25) is 14.5 Å². The first-order valence-corrected chi connectivity index (χ1v) is 11.2. The molecule has 2 bridgehead atoms. The summed E-state index contributed by atoms with van der Waals surface area (Å²) in [6.45, 7) is 3.44. The van der Waals surface area contributed by atoms with Gasteiger partial charge in [-0.1, -0.05) is 12.1 Å². The van der Waals surface area contributed by atoms with Crippen LogP contribution in [0.15, 0.2) is 57.4 Å². The summed E-state index contributed by atoms with van der Waals surface area (Å²) in [5, 5.41) is 1.94. The molecular formula is C23H25N3O3S. The molecule has 2 aliphatic rings. The standard InChI is InChI=1S/C23H25N3O3S/c1-24(10-16-6-7-29-15-16)13-18-4-5-20-19-9-17(12-26(20)22(18)27)11-25(14-19)23(28)21-3-2-8-30-21/h2-8,15,17,19H,9-14H2,1H3/t17-,19+/m0/s1. The number of hydrogen-bond donors (Lipinski definition) is 0. The lowest BCUT2D eigenvalue weighted by atomic mass is 9.83. The summed E-state index contributed by atoms with van der Waals surface area (Å²) in [5.41, 5.74) is 3.09. The Hall–Kier alpha value is -2.64. The van der Waals surface area contributed by atoms with E-state index in [1.54, 1.807) is 12.5 Å². The van der Waals surface area contributed by atoms with Gasteiger partial charge in [-0.2, -0.15) is 0 Å². The molecule has 6 nitrogen and oxygen atoms in total. The number of hydrogen-bond acceptors (Lipinski definition) is 5. The van der Waals surface area contributed by atoms with Crippen molar-refractivity contribution in [3.8, 4) is 0 Å². The van der Waals surface area contributed by atoms with E-state index in [1.165, 1.54) is 11.3 Å². The quantitative estimate of drug-likeness (QED) is 0.631. The fourth-order valence-corrected chi connectivity index (χ4v) is 5.57. The van der Waals surface area contributed by atoms with Gasteiger partial charge in [0.1, 0.15) is 0 Å². The number of aromatic nitrogens is 1. The van der Waals surface area contributed by atoms with E-state index in [0.717, 1.165) is 41.2 Å². The molecule has 0 spiro atoms. The first-order valence-electron chi connectivity index (χ1n) is 10.3. The second kappa shape index (κ2) is 7.89. The number of amides is 1. The maximum Gasteiger partial charge on any atom is 0.263 e. The largest absolute Gasteiger partial charge is 0.472 e. The first kappa shape index (κ1) is 19.3. The van der Waals surface area contributed by atoms with Gasteiger partial charge >= 0.3 is 0 Å². The molecule has 30 heavy (non-hydrogen) atoms. The van der Waals surface area contributed by atoms with Gasteiger partial charge in [0.25, 0.3) is 11.5 Å². The molecular weight excluding hydrogens is 398 g/mol. The SMILES string of the molecule is CN(Cc1ccoc1)Cc1ccc2n(c1=O)C[C@H]1C[C@@H]2CN(C(=O)c2cccs2)C1. The summed E-state index contributed by atoms with van der Waals surface area (Å²) in [6, 6.07) is 9.83. The van der Waals surface area contributed by atoms with Gasteiger partial charge in [0.05, 0.1) is 17.4 Å². The Morgan fingerprint density at radius 2 is 2.10 bits per heavy atom. The Morgan fingerprint density at radius 1 is 1.20 bits per heavy atom. The molecule has 2 aliphatic heterocycles. The number of carbonyl (C=O) groups excluding carboxylic acids is 1. The second-order valence-electron chi connectivity index (χ2n) is 8.49. The average molecular weight is 424 g/mol. The van der Waals surface area contributed by atoms with Crippen molar-refractivity contribution < 1.29 is 9.21 Å². The molecule has 5 heterocycles. The molecule has 7 heteroatoms. The average Bonchev–Trinajstić information content (AvgIpc) is 3.44. The highest BCUT2D eigenvalue weighted by molar-refractivity contribution is 7.12. The van der Waals surface area contributed by atoms with Crippen molar-refractivity contribution in [2.45, 2.75) is 32.0 Å². The molecule has 0 aromatic carbocycles. The summed E-state index contributed by atoms with van der Waals surface area (Å²) >= 11 is 1.49. The molecule has 156 valence electrons. The number of rotatable bonds is 5. The first-order chi connectivity index (χ1) is 14.6. The summed E-state index contributed by atoms with van der Waals surface area (Å²) in [5.74, 6) is 0.677. The van der Waals surface area contributed by atoms with Crippen LogP contribution in [0.4, 0.5) is 0 Å². The topological polar surface area (TPSA) is 58.7 Å². The maximum atomic E-state index is 13.2. The lowest BCUT2D eigenvalue weighted by Gasteiger charge is -2.42. The zero-order valence-electron chi connectivity index (χ0n) is 17.0. The molecule has 3 aromatic rings. The number of likely N-dealkylation sites (tertiary alicyclic amines) is 1. The van der Waals surface area contributed by atoms with Crippen molar-refractivity contribution in [2.75, 3.05) is 20.1 Å². The van der Waals surface area contributed by atoms with Crippen LogP contribution in [-0.2, 0) is 19.6 Å². The van der Waals surface area contributed by atoms with Crippen molar-refractivity contribution in [2.24, 2.45) is 5.92 Å². The molecule has 5 rings (SSSR count). The van der Waals surface area contributed by atoms with Crippen LogP contribution < -0.4 is 5.56 Å². The van der Waals surface area contributed by atoms with Crippen molar-refractivity contribution >= 4 is 17.2 Å². The Morgan fingerprint density at radius 3 is 2.87 bits per heavy atom. The Balaban J connectivity index is 1.34. The molecule has 0 N–H and O–H groups in total. The van der Waals surface area contributed by atoms with E-state index >= 15 is 0 Å². The van der Waals surface area contributed by atoms with Crippen molar-refractivity contribution in [1.29, 1.82) is 0 Å². The van der Waals surface area contributed by atoms with Gasteiger partial charge in [0, 0.05) is 55.5 Å². The molecule has 1 amide bonds. The molecule has 1 saturated heterocycles. The predicted molar refractivity (Wildman–Crippen MR) is 116 cm³/mol. The zero-order chi connectivity index (χ0) is 20.7. The minimum Gasteiger partial charge on any atom is -0.472 e. The van der Waals surface area contributed by atoms with Crippen LogP contribution in [0.3, 0.4) is 0 Å². The highest BCUT2D eigenvalue weighted by Gasteiger charge is 2.37. The van der Waals surface area contributed by atoms with Gasteiger partial charge in [-0.25, -0.2) is 0 Å². The molecule has 0 radical (unpaired) electrons. The summed E-state index contributed by atoms with van der Waals surface area (Å²) in [4.78, 5) is 31.0. The summed E-state index contributed by atoms with van der Waals surface area (Å²) in [6.07, 6.45) is 4.45. The van der Waals surface area contributed by atoms with E-state index in [0.29, 0.717) is 25.6 Å². The van der Waals surface area contributed by atoms with Gasteiger partial charge in [-0.05, 0) is 43.0 Å². The minimum absolute atomic E-state index is 0.110. The lowest BCUT2D eigenvalue weighted by molar-refractivity contribution is 0.0599. The molecule has 3 aromatic heterocycles. The van der Waals surface area contributed by atoms with Crippen LogP contribution in [0.1, 0.15) is 38.8 Å². The summed E-state index contributed by atoms with van der Waals surface area (Å²) < 4.78 is 7.10. The number of nitrogens with zero attached hydrogens (tertiary/aromatic N) is 3. The van der Waals surface area contributed by atoms with Gasteiger partial charge in [0.15, 0.2) is 0 Å². The zero-order valence-corrected chi connectivity index (χ0v) is 17.8. The normalized spacial score (nSPS) is 20.4. The Bertz CT molecular complexity index is 1090. The van der Waals surface area contributed by atoms with E-state index in [9.17, 15) is 9.59 Å². The van der Waals surface area contributed by atoms with Crippen molar-refractivity contribution in [3.63, 3.8) is 0 Å². The number of piperidine rings is 1. The summed E-state index contributed by atoms with van der Waals surface area (Å²) in [7, 11) is 2.01. The molecule has 0 saturated carbocycles. The lowest BCUT2D eigenvalue weighted by Crippen LogP contribution is -2.49. The van der Waals surface area contributed by atoms with E-state index in [1.807, 2.05) is 46.2 Å². The van der Waals surface area contributed by atoms with Crippen LogP contribution in [0.25, 0.3) is 0 Å². The minimum atomic E-state index is 0.110. The van der Waals surface area contributed by atoms with Crippen molar-refractivity contribution in [3.05, 3.63) is 80.3 Å². The molecule has 2 atom stereocenters. The van der Waals surface area contributed by atoms with Crippen LogP contribution in [0, 0.1) is 5.92 Å². The second-order valence-corrected chi connectivity index (χ2v) is 9.44. The van der Waals surface area contributed by atoms with Crippen LogP contribution in [0.5, 0.6) is 0 Å². The van der Waals surface area contributed by atoms with Crippen LogP contribution in [-0.4, -0.2) is 40.4 Å². The number of furan rings is 1. The molecule has 1 fully saturated rings. The third-order valence-corrected chi connectivity index (χ3v) is 7.03. The van der Waals surface area contributed by atoms with Crippen LogP contribution >= 0.6 is 11.3 Å². The maximum absolute atomic E-state index is 13.2. The van der Waals surface area contributed by atoms with Crippen molar-refractivity contribution in [1.82, 2.24) is 14.4 Å². The fraction of sp³-hybridized carbons (Fsp3) is 0.391. The fourth-order valence-electron chi connectivity index (χ4n) is 4.87. The third kappa shape index (κ3) is 3.63. The van der Waals surface area contributed by atoms with Crippen LogP contribution in [0.2, 0.25) is 0 Å². The van der Waals surface area contributed by atoms with Gasteiger partial charge < -0.3 is 13.9 Å². The number of fused-ring (bicyclic) bond motifs is 4. The highest BCUT2D eigenvalue weighted by Crippen LogP contribution is 2.36.